The van der Waals surface area contributed by atoms with Gasteiger partial charge in [0.25, 0.3) is 0 Å². The van der Waals surface area contributed by atoms with E-state index >= 15 is 0 Å². The fraction of sp³-hybridized carbons (Fsp3) is 0.417. The minimum atomic E-state index is 0.0677. The van der Waals surface area contributed by atoms with Gasteiger partial charge in [-0.3, -0.25) is 9.69 Å². The number of aromatic nitrogens is 2. The number of carbonyl (C=O) groups is 1. The van der Waals surface area contributed by atoms with E-state index in [0.29, 0.717) is 6.54 Å². The van der Waals surface area contributed by atoms with Crippen LogP contribution in [0, 0.1) is 5.92 Å². The van der Waals surface area contributed by atoms with Gasteiger partial charge in [-0.15, -0.1) is 0 Å². The molecule has 1 N–H and O–H groups in total. The minimum absolute atomic E-state index is 0.0677. The summed E-state index contributed by atoms with van der Waals surface area (Å²) in [5, 5.41) is 2.98. The second kappa shape index (κ2) is 9.30. The van der Waals surface area contributed by atoms with Crippen LogP contribution in [-0.4, -0.2) is 47.1 Å². The number of ether oxygens (including phenoxy) is 1. The molecule has 1 amide bonds. The zero-order chi connectivity index (χ0) is 20.9. The maximum absolute atomic E-state index is 12.3. The quantitative estimate of drug-likeness (QED) is 0.653. The monoisotopic (exact) mass is 406 g/mol. The molecule has 1 aromatic heterocycles. The summed E-state index contributed by atoms with van der Waals surface area (Å²) in [4.78, 5) is 19.6. The number of carbonyl (C=O) groups excluding carboxylic acids is 1. The molecule has 3 aromatic rings. The van der Waals surface area contributed by atoms with Crippen molar-refractivity contribution in [2.24, 2.45) is 5.92 Å². The smallest absolute Gasteiger partial charge is 0.224 e. The van der Waals surface area contributed by atoms with Crippen molar-refractivity contribution < 1.29 is 9.53 Å². The molecule has 2 heterocycles. The Hall–Kier alpha value is -2.86. The van der Waals surface area contributed by atoms with Crippen LogP contribution in [-0.2, 0) is 17.9 Å². The average Bonchev–Trinajstić information content (AvgIpc) is 3.11. The Balaban J connectivity index is 1.57. The third-order valence-electron chi connectivity index (χ3n) is 5.83. The lowest BCUT2D eigenvalue weighted by molar-refractivity contribution is -0.126. The van der Waals surface area contributed by atoms with Crippen molar-refractivity contribution in [2.45, 2.75) is 32.9 Å². The summed E-state index contributed by atoms with van der Waals surface area (Å²) < 4.78 is 7.59. The summed E-state index contributed by atoms with van der Waals surface area (Å²) in [6, 6.07) is 16.5. The van der Waals surface area contributed by atoms with E-state index in [1.807, 2.05) is 25.1 Å². The predicted octanol–water partition coefficient (Wildman–Crippen LogP) is 3.44. The number of amides is 1. The predicted molar refractivity (Wildman–Crippen MR) is 119 cm³/mol. The third-order valence-corrected chi connectivity index (χ3v) is 5.83. The zero-order valence-electron chi connectivity index (χ0n) is 17.8. The topological polar surface area (TPSA) is 59.4 Å². The van der Waals surface area contributed by atoms with E-state index in [9.17, 15) is 4.79 Å². The fourth-order valence-corrected chi connectivity index (χ4v) is 4.27. The van der Waals surface area contributed by atoms with Gasteiger partial charge in [0.15, 0.2) is 0 Å². The molecule has 6 nitrogen and oxygen atoms in total. The summed E-state index contributed by atoms with van der Waals surface area (Å²) in [7, 11) is 1.68. The fourth-order valence-electron chi connectivity index (χ4n) is 4.27. The number of methoxy groups -OCH3 is 1. The number of para-hydroxylation sites is 2. The molecule has 0 aliphatic carbocycles. The van der Waals surface area contributed by atoms with Gasteiger partial charge in [0, 0.05) is 19.6 Å². The molecule has 2 aromatic carbocycles. The molecule has 1 aliphatic rings. The standard InChI is InChI=1S/C24H30N4O2/c1-3-25-24(29)19-7-6-14-27(16-19)17-23-26-21-8-4-5-9-22(21)28(23)15-18-10-12-20(30-2)13-11-18/h4-5,8-13,19H,3,6-7,14-17H2,1-2H3,(H,25,29)/t19-/m1/s1. The highest BCUT2D eigenvalue weighted by molar-refractivity contribution is 5.79. The molecular weight excluding hydrogens is 376 g/mol. The SMILES string of the molecule is CCNC(=O)[C@@H]1CCCN(Cc2nc3ccccc3n2Cc2ccc(OC)cc2)C1. The molecule has 1 aliphatic heterocycles. The van der Waals surface area contributed by atoms with Gasteiger partial charge in [-0.25, -0.2) is 4.98 Å². The Kier molecular flexibility index (Phi) is 6.33. The molecule has 1 fully saturated rings. The first-order valence-corrected chi connectivity index (χ1v) is 10.7. The first kappa shape index (κ1) is 20.4. The van der Waals surface area contributed by atoms with Crippen molar-refractivity contribution >= 4 is 16.9 Å². The molecule has 0 saturated carbocycles. The highest BCUT2D eigenvalue weighted by atomic mass is 16.5. The minimum Gasteiger partial charge on any atom is -0.497 e. The third kappa shape index (κ3) is 4.49. The molecule has 0 bridgehead atoms. The van der Waals surface area contributed by atoms with Gasteiger partial charge >= 0.3 is 0 Å². The maximum atomic E-state index is 12.3. The summed E-state index contributed by atoms with van der Waals surface area (Å²) in [5.74, 6) is 2.15. The molecule has 0 spiro atoms. The van der Waals surface area contributed by atoms with Crippen LogP contribution in [0.3, 0.4) is 0 Å². The van der Waals surface area contributed by atoms with E-state index in [1.54, 1.807) is 7.11 Å². The van der Waals surface area contributed by atoms with E-state index in [-0.39, 0.29) is 11.8 Å². The van der Waals surface area contributed by atoms with Crippen LogP contribution in [0.15, 0.2) is 48.5 Å². The van der Waals surface area contributed by atoms with Crippen LogP contribution in [0.25, 0.3) is 11.0 Å². The van der Waals surface area contributed by atoms with Crippen LogP contribution in [0.5, 0.6) is 5.75 Å². The number of fused-ring (bicyclic) bond motifs is 1. The number of nitrogens with one attached hydrogen (secondary N) is 1. The van der Waals surface area contributed by atoms with E-state index < -0.39 is 0 Å². The van der Waals surface area contributed by atoms with Gasteiger partial charge in [-0.05, 0) is 56.1 Å². The van der Waals surface area contributed by atoms with Gasteiger partial charge in [-0.2, -0.15) is 0 Å². The number of nitrogens with zero attached hydrogens (tertiary/aromatic N) is 3. The number of benzene rings is 2. The molecule has 4 rings (SSSR count). The van der Waals surface area contributed by atoms with E-state index in [2.05, 4.69) is 45.1 Å². The summed E-state index contributed by atoms with van der Waals surface area (Å²) in [6.45, 7) is 5.96. The summed E-state index contributed by atoms with van der Waals surface area (Å²) in [5.41, 5.74) is 3.36. The number of hydrogen-bond donors (Lipinski definition) is 1. The summed E-state index contributed by atoms with van der Waals surface area (Å²) in [6.07, 6.45) is 2.01. The van der Waals surface area contributed by atoms with Crippen molar-refractivity contribution in [3.8, 4) is 5.75 Å². The zero-order valence-corrected chi connectivity index (χ0v) is 17.8. The second-order valence-electron chi connectivity index (χ2n) is 7.92. The number of hydrogen-bond acceptors (Lipinski definition) is 4. The van der Waals surface area contributed by atoms with Gasteiger partial charge < -0.3 is 14.6 Å². The van der Waals surface area contributed by atoms with Crippen molar-refractivity contribution in [2.75, 3.05) is 26.7 Å². The lowest BCUT2D eigenvalue weighted by Gasteiger charge is -2.31. The van der Waals surface area contributed by atoms with Crippen LogP contribution < -0.4 is 10.1 Å². The van der Waals surface area contributed by atoms with E-state index in [4.69, 9.17) is 9.72 Å². The number of rotatable bonds is 7. The Labute approximate surface area is 177 Å². The average molecular weight is 407 g/mol. The maximum Gasteiger partial charge on any atom is 0.224 e. The van der Waals surface area contributed by atoms with Gasteiger partial charge in [0.1, 0.15) is 11.6 Å². The largest absolute Gasteiger partial charge is 0.497 e. The number of piperidine rings is 1. The lowest BCUT2D eigenvalue weighted by atomic mass is 9.97. The lowest BCUT2D eigenvalue weighted by Crippen LogP contribution is -2.43. The molecular formula is C24H30N4O2. The number of imidazole rings is 1. The van der Waals surface area contributed by atoms with E-state index in [1.165, 1.54) is 5.56 Å². The molecule has 6 heteroatoms. The van der Waals surface area contributed by atoms with Gasteiger partial charge in [-0.1, -0.05) is 24.3 Å². The van der Waals surface area contributed by atoms with E-state index in [0.717, 1.165) is 61.6 Å². The van der Waals surface area contributed by atoms with Crippen molar-refractivity contribution in [1.29, 1.82) is 0 Å². The molecule has 158 valence electrons. The highest BCUT2D eigenvalue weighted by Crippen LogP contribution is 2.23. The van der Waals surface area contributed by atoms with Crippen LogP contribution in [0.2, 0.25) is 0 Å². The molecule has 0 radical (unpaired) electrons. The Morgan fingerprint density at radius 1 is 1.17 bits per heavy atom. The summed E-state index contributed by atoms with van der Waals surface area (Å²) >= 11 is 0. The normalized spacial score (nSPS) is 17.2. The molecule has 1 saturated heterocycles. The van der Waals surface area contributed by atoms with Gasteiger partial charge in [0.05, 0.1) is 30.6 Å². The van der Waals surface area contributed by atoms with Crippen molar-refractivity contribution in [1.82, 2.24) is 19.8 Å². The van der Waals surface area contributed by atoms with Crippen LogP contribution >= 0.6 is 0 Å². The first-order valence-electron chi connectivity index (χ1n) is 10.7. The van der Waals surface area contributed by atoms with Crippen molar-refractivity contribution in [3.05, 3.63) is 59.9 Å². The van der Waals surface area contributed by atoms with Crippen LogP contribution in [0.1, 0.15) is 31.2 Å². The number of likely N-dealkylation sites (tertiary alicyclic amines) is 1. The van der Waals surface area contributed by atoms with Gasteiger partial charge in [0.2, 0.25) is 5.91 Å². The molecule has 0 unspecified atom stereocenters. The first-order chi connectivity index (χ1) is 14.7. The molecule has 30 heavy (non-hydrogen) atoms. The Bertz CT molecular complexity index is 996. The highest BCUT2D eigenvalue weighted by Gasteiger charge is 2.26. The van der Waals surface area contributed by atoms with Crippen molar-refractivity contribution in [3.63, 3.8) is 0 Å². The Morgan fingerprint density at radius 2 is 1.97 bits per heavy atom. The molecule has 1 atom stereocenters. The second-order valence-corrected chi connectivity index (χ2v) is 7.92. The van der Waals surface area contributed by atoms with Crippen LogP contribution in [0.4, 0.5) is 0 Å². The Morgan fingerprint density at radius 3 is 2.73 bits per heavy atom.